The molecule has 1 saturated heterocycles. The zero-order chi connectivity index (χ0) is 23.9. The number of amides is 1. The summed E-state index contributed by atoms with van der Waals surface area (Å²) in [5, 5.41) is 4.67. The van der Waals surface area contributed by atoms with E-state index in [9.17, 15) is 9.59 Å². The Balaban J connectivity index is 1.46. The standard InChI is InChI=1S/C25H32N2O6S/c1-3-31-21-14-20(27-9-11-30-12-10-27)22(32-4-2)13-19(21)26-24(28)15-33-25(29)18-16-34-23-8-6-5-7-17(18)23/h13-14,16H,3-12,15H2,1-2H3,(H,26,28). The Morgan fingerprint density at radius 3 is 2.56 bits per heavy atom. The van der Waals surface area contributed by atoms with Gasteiger partial charge in [0, 0.05) is 35.5 Å². The van der Waals surface area contributed by atoms with Crippen molar-refractivity contribution in [3.05, 3.63) is 33.5 Å². The van der Waals surface area contributed by atoms with E-state index in [2.05, 4.69) is 10.2 Å². The minimum atomic E-state index is -0.447. The van der Waals surface area contributed by atoms with Gasteiger partial charge in [0.25, 0.3) is 5.91 Å². The predicted molar refractivity (Wildman–Crippen MR) is 132 cm³/mol. The highest BCUT2D eigenvalue weighted by atomic mass is 32.1. The van der Waals surface area contributed by atoms with Crippen molar-refractivity contribution in [2.75, 3.05) is 56.3 Å². The number of carbonyl (C=O) groups is 2. The molecule has 0 saturated carbocycles. The van der Waals surface area contributed by atoms with Gasteiger partial charge in [0.05, 0.1) is 43.4 Å². The van der Waals surface area contributed by atoms with Crippen molar-refractivity contribution in [1.82, 2.24) is 0 Å². The van der Waals surface area contributed by atoms with Crippen LogP contribution < -0.4 is 19.7 Å². The Hall–Kier alpha value is -2.78. The van der Waals surface area contributed by atoms with Crippen LogP contribution >= 0.6 is 11.3 Å². The summed E-state index contributed by atoms with van der Waals surface area (Å²) in [5.74, 6) is 0.321. The van der Waals surface area contributed by atoms with Crippen LogP contribution in [0.1, 0.15) is 47.5 Å². The summed E-state index contributed by atoms with van der Waals surface area (Å²) in [4.78, 5) is 28.7. The first-order valence-electron chi connectivity index (χ1n) is 11.9. The molecule has 0 bridgehead atoms. The number of nitrogens with one attached hydrogen (secondary N) is 1. The average molecular weight is 489 g/mol. The highest BCUT2D eigenvalue weighted by Gasteiger charge is 2.23. The number of fused-ring (bicyclic) bond motifs is 1. The third-order valence-corrected chi connectivity index (χ3v) is 6.99. The summed E-state index contributed by atoms with van der Waals surface area (Å²) in [7, 11) is 0. The summed E-state index contributed by atoms with van der Waals surface area (Å²) in [6.45, 7) is 7.15. The van der Waals surface area contributed by atoms with Crippen LogP contribution in [0.25, 0.3) is 0 Å². The monoisotopic (exact) mass is 488 g/mol. The minimum Gasteiger partial charge on any atom is -0.492 e. The molecule has 0 spiro atoms. The molecule has 2 heterocycles. The lowest BCUT2D eigenvalue weighted by atomic mass is 9.96. The van der Waals surface area contributed by atoms with E-state index in [1.165, 1.54) is 4.88 Å². The third-order valence-electron chi connectivity index (χ3n) is 5.90. The lowest BCUT2D eigenvalue weighted by Crippen LogP contribution is -2.36. The first-order valence-corrected chi connectivity index (χ1v) is 12.8. The van der Waals surface area contributed by atoms with Crippen molar-refractivity contribution in [1.29, 1.82) is 0 Å². The van der Waals surface area contributed by atoms with Crippen molar-refractivity contribution in [2.24, 2.45) is 0 Å². The molecule has 1 amide bonds. The molecular weight excluding hydrogens is 456 g/mol. The molecule has 1 fully saturated rings. The second kappa shape index (κ2) is 11.6. The maximum Gasteiger partial charge on any atom is 0.339 e. The molecule has 9 heteroatoms. The van der Waals surface area contributed by atoms with E-state index < -0.39 is 11.9 Å². The van der Waals surface area contributed by atoms with Crippen molar-refractivity contribution < 1.29 is 28.5 Å². The van der Waals surface area contributed by atoms with E-state index in [-0.39, 0.29) is 6.61 Å². The summed E-state index contributed by atoms with van der Waals surface area (Å²) in [6, 6.07) is 3.66. The lowest BCUT2D eigenvalue weighted by Gasteiger charge is -2.31. The van der Waals surface area contributed by atoms with Crippen LogP contribution in [0.5, 0.6) is 11.5 Å². The van der Waals surface area contributed by atoms with Gasteiger partial charge in [0.15, 0.2) is 6.61 Å². The second-order valence-electron chi connectivity index (χ2n) is 8.16. The first-order chi connectivity index (χ1) is 16.6. The number of rotatable bonds is 9. The van der Waals surface area contributed by atoms with Gasteiger partial charge in [0.1, 0.15) is 11.5 Å². The summed E-state index contributed by atoms with van der Waals surface area (Å²) in [6.07, 6.45) is 4.13. The number of ether oxygens (including phenoxy) is 4. The van der Waals surface area contributed by atoms with Crippen LogP contribution in [0.3, 0.4) is 0 Å². The third kappa shape index (κ3) is 5.64. The molecule has 1 N–H and O–H groups in total. The Bertz CT molecular complexity index is 1020. The Morgan fingerprint density at radius 1 is 1.06 bits per heavy atom. The normalized spacial score (nSPS) is 15.4. The number of benzene rings is 1. The van der Waals surface area contributed by atoms with E-state index in [1.807, 2.05) is 25.3 Å². The summed E-state index contributed by atoms with van der Waals surface area (Å²) >= 11 is 1.60. The molecule has 8 nitrogen and oxygen atoms in total. The number of carbonyl (C=O) groups excluding carboxylic acids is 2. The molecule has 2 aromatic rings. The van der Waals surface area contributed by atoms with Gasteiger partial charge >= 0.3 is 5.97 Å². The van der Waals surface area contributed by atoms with Crippen molar-refractivity contribution in [3.8, 4) is 11.5 Å². The van der Waals surface area contributed by atoms with Crippen LogP contribution in [-0.2, 0) is 27.1 Å². The number of anilines is 2. The Kier molecular flexibility index (Phi) is 8.29. The van der Waals surface area contributed by atoms with Crippen LogP contribution in [0.2, 0.25) is 0 Å². The Morgan fingerprint density at radius 2 is 1.79 bits per heavy atom. The number of nitrogens with zero attached hydrogens (tertiary/aromatic N) is 1. The number of aryl methyl sites for hydroxylation is 1. The van der Waals surface area contributed by atoms with Gasteiger partial charge in [-0.25, -0.2) is 4.79 Å². The zero-order valence-electron chi connectivity index (χ0n) is 19.8. The van der Waals surface area contributed by atoms with Gasteiger partial charge in [-0.05, 0) is 45.1 Å². The molecule has 1 aliphatic heterocycles. The topological polar surface area (TPSA) is 86.3 Å². The second-order valence-corrected chi connectivity index (χ2v) is 9.13. The molecular formula is C25H32N2O6S. The van der Waals surface area contributed by atoms with E-state index in [0.717, 1.165) is 50.0 Å². The quantitative estimate of drug-likeness (QED) is 0.533. The van der Waals surface area contributed by atoms with Gasteiger partial charge in [-0.3, -0.25) is 4.79 Å². The fourth-order valence-electron chi connectivity index (χ4n) is 4.30. The summed E-state index contributed by atoms with van der Waals surface area (Å²) in [5.41, 5.74) is 3.06. The molecule has 1 aliphatic carbocycles. The fraction of sp³-hybridized carbons (Fsp3) is 0.520. The number of esters is 1. The van der Waals surface area contributed by atoms with Crippen LogP contribution in [0, 0.1) is 0 Å². The van der Waals surface area contributed by atoms with Crippen LogP contribution in [0.15, 0.2) is 17.5 Å². The SMILES string of the molecule is CCOc1cc(N2CCOCC2)c(OCC)cc1NC(=O)COC(=O)c1csc2c1CCCC2. The molecule has 1 aromatic carbocycles. The van der Waals surface area contributed by atoms with Gasteiger partial charge in [-0.2, -0.15) is 0 Å². The average Bonchev–Trinajstić information content (AvgIpc) is 3.29. The number of thiophene rings is 1. The van der Waals surface area contributed by atoms with E-state index >= 15 is 0 Å². The van der Waals surface area contributed by atoms with Crippen LogP contribution in [-0.4, -0.2) is 58.0 Å². The molecule has 1 aromatic heterocycles. The van der Waals surface area contributed by atoms with Crippen molar-refractivity contribution in [2.45, 2.75) is 39.5 Å². The first kappa shape index (κ1) is 24.3. The van der Waals surface area contributed by atoms with Crippen molar-refractivity contribution >= 4 is 34.6 Å². The number of morpholine rings is 1. The summed E-state index contributed by atoms with van der Waals surface area (Å²) < 4.78 is 22.5. The van der Waals surface area contributed by atoms with Gasteiger partial charge < -0.3 is 29.2 Å². The predicted octanol–water partition coefficient (Wildman–Crippen LogP) is 4.06. The molecule has 0 atom stereocenters. The molecule has 34 heavy (non-hydrogen) atoms. The van der Waals surface area contributed by atoms with E-state index in [0.29, 0.717) is 49.2 Å². The largest absolute Gasteiger partial charge is 0.492 e. The van der Waals surface area contributed by atoms with Crippen LogP contribution in [0.4, 0.5) is 11.4 Å². The molecule has 4 rings (SSSR count). The van der Waals surface area contributed by atoms with E-state index in [4.69, 9.17) is 18.9 Å². The molecule has 184 valence electrons. The number of hydrogen-bond donors (Lipinski definition) is 1. The van der Waals surface area contributed by atoms with Gasteiger partial charge in [-0.15, -0.1) is 11.3 Å². The number of hydrogen-bond acceptors (Lipinski definition) is 8. The lowest BCUT2D eigenvalue weighted by molar-refractivity contribution is -0.119. The molecule has 0 radical (unpaired) electrons. The highest BCUT2D eigenvalue weighted by Crippen LogP contribution is 2.39. The molecule has 2 aliphatic rings. The Labute approximate surface area is 204 Å². The van der Waals surface area contributed by atoms with E-state index in [1.54, 1.807) is 17.4 Å². The molecule has 0 unspecified atom stereocenters. The highest BCUT2D eigenvalue weighted by molar-refractivity contribution is 7.10. The maximum absolute atomic E-state index is 12.7. The van der Waals surface area contributed by atoms with Gasteiger partial charge in [0.2, 0.25) is 0 Å². The maximum atomic E-state index is 12.7. The smallest absolute Gasteiger partial charge is 0.339 e. The fourth-order valence-corrected chi connectivity index (χ4v) is 5.42. The minimum absolute atomic E-state index is 0.371. The van der Waals surface area contributed by atoms with Gasteiger partial charge in [-0.1, -0.05) is 0 Å². The zero-order valence-corrected chi connectivity index (χ0v) is 20.6. The van der Waals surface area contributed by atoms with Crippen molar-refractivity contribution in [3.63, 3.8) is 0 Å².